The molecule has 0 bridgehead atoms. The Morgan fingerprint density at radius 2 is 2.05 bits per heavy atom. The van der Waals surface area contributed by atoms with Gasteiger partial charge in [0.25, 0.3) is 5.91 Å². The van der Waals surface area contributed by atoms with E-state index in [1.165, 1.54) is 39.9 Å². The molecular weight excluding hydrogens is 561 g/mol. The summed E-state index contributed by atoms with van der Waals surface area (Å²) in [5.41, 5.74) is -0.773. The number of nitrogens with zero attached hydrogens (tertiary/aromatic N) is 2. The molecule has 0 unspecified atom stereocenters. The van der Waals surface area contributed by atoms with Gasteiger partial charge < -0.3 is 25.2 Å². The van der Waals surface area contributed by atoms with Crippen molar-refractivity contribution in [2.24, 2.45) is 0 Å². The lowest BCUT2D eigenvalue weighted by molar-refractivity contribution is -0.173. The Kier molecular flexibility index (Phi) is 10.8. The van der Waals surface area contributed by atoms with Crippen molar-refractivity contribution in [2.45, 2.75) is 43.4 Å². The number of alkyl halides is 3. The Balaban J connectivity index is 1.90. The second-order valence-corrected chi connectivity index (χ2v) is 10.8. The van der Waals surface area contributed by atoms with E-state index in [1.807, 2.05) is 13.2 Å². The zero-order chi connectivity index (χ0) is 28.6. The summed E-state index contributed by atoms with van der Waals surface area (Å²) in [5.74, 6) is 1.92. The van der Waals surface area contributed by atoms with Crippen LogP contribution in [-0.2, 0) is 14.3 Å². The molecule has 2 aromatic rings. The third-order valence-electron chi connectivity index (χ3n) is 5.31. The number of ether oxygens (including phenoxy) is 2. The minimum absolute atomic E-state index is 0.0139. The largest absolute Gasteiger partial charge is 0.471 e. The maximum Gasteiger partial charge on any atom is 0.471 e. The number of aromatic nitrogens is 2. The van der Waals surface area contributed by atoms with E-state index >= 15 is 0 Å². The number of aliphatic hydroxyl groups is 1. The highest BCUT2D eigenvalue weighted by atomic mass is 33.1. The van der Waals surface area contributed by atoms with Crippen LogP contribution < -0.4 is 16.3 Å². The van der Waals surface area contributed by atoms with Crippen LogP contribution in [0.1, 0.15) is 35.5 Å². The fourth-order valence-corrected chi connectivity index (χ4v) is 4.99. The monoisotopic (exact) mass is 586 g/mol. The number of hydrogen-bond acceptors (Lipinski definition) is 9. The molecule has 0 radical (unpaired) electrons. The Bertz CT molecular complexity index is 1280. The van der Waals surface area contributed by atoms with Crippen LogP contribution in [0.5, 0.6) is 0 Å². The van der Waals surface area contributed by atoms with Crippen LogP contribution in [0.4, 0.5) is 19.0 Å². The van der Waals surface area contributed by atoms with E-state index < -0.39 is 48.7 Å². The third-order valence-corrected chi connectivity index (χ3v) is 7.27. The number of nitrogens with one attached hydrogen (secondary N) is 2. The Morgan fingerprint density at radius 1 is 1.33 bits per heavy atom. The Morgan fingerprint density at radius 3 is 2.69 bits per heavy atom. The molecule has 15 heteroatoms. The van der Waals surface area contributed by atoms with Gasteiger partial charge in [-0.1, -0.05) is 51.6 Å². The van der Waals surface area contributed by atoms with Gasteiger partial charge in [-0.3, -0.25) is 14.2 Å². The van der Waals surface area contributed by atoms with Gasteiger partial charge in [-0.05, 0) is 25.3 Å². The predicted octanol–water partition coefficient (Wildman–Crippen LogP) is 2.55. The quantitative estimate of drug-likeness (QED) is 0.230. The fourth-order valence-electron chi connectivity index (χ4n) is 3.58. The van der Waals surface area contributed by atoms with E-state index in [1.54, 1.807) is 23.5 Å². The molecule has 1 fully saturated rings. The maximum atomic E-state index is 12.9. The van der Waals surface area contributed by atoms with Crippen molar-refractivity contribution in [3.8, 4) is 11.8 Å². The molecule has 1 aromatic carbocycles. The molecule has 2 heterocycles. The maximum absolute atomic E-state index is 12.9. The molecule has 1 aromatic heterocycles. The minimum atomic E-state index is -5.07. The van der Waals surface area contributed by atoms with Crippen molar-refractivity contribution in [3.63, 3.8) is 0 Å². The molecule has 210 valence electrons. The normalized spacial score (nSPS) is 19.6. The van der Waals surface area contributed by atoms with Gasteiger partial charge in [-0.25, -0.2) is 4.79 Å². The molecule has 3 N–H and O–H groups in total. The van der Waals surface area contributed by atoms with E-state index in [0.29, 0.717) is 0 Å². The number of aliphatic hydroxyl groups excluding tert-OH is 1. The first-order valence-electron chi connectivity index (χ1n) is 11.5. The lowest BCUT2D eigenvalue weighted by Crippen LogP contribution is -2.36. The number of benzene rings is 1. The summed E-state index contributed by atoms with van der Waals surface area (Å²) in [6, 6.07) is 8.05. The summed E-state index contributed by atoms with van der Waals surface area (Å²) in [5, 5.41) is 13.9. The lowest BCUT2D eigenvalue weighted by atomic mass is 10.2. The van der Waals surface area contributed by atoms with Crippen LogP contribution in [0.3, 0.4) is 0 Å². The summed E-state index contributed by atoms with van der Waals surface area (Å²) in [4.78, 5) is 40.6. The Hall–Kier alpha value is -3.03. The first-order valence-corrected chi connectivity index (χ1v) is 14.1. The minimum Gasteiger partial charge on any atom is -0.394 e. The van der Waals surface area contributed by atoms with Gasteiger partial charge in [0.05, 0.1) is 24.8 Å². The topological polar surface area (TPSA) is 132 Å². The van der Waals surface area contributed by atoms with Crippen LogP contribution in [0.15, 0.2) is 41.3 Å². The zero-order valence-corrected chi connectivity index (χ0v) is 22.4. The highest BCUT2D eigenvalue weighted by Gasteiger charge is 2.39. The second-order valence-electron chi connectivity index (χ2n) is 8.05. The second kappa shape index (κ2) is 13.9. The molecule has 39 heavy (non-hydrogen) atoms. The smallest absolute Gasteiger partial charge is 0.394 e. The molecular formula is C24H25F3N4O6S2. The molecule has 4 atom stereocenters. The lowest BCUT2D eigenvalue weighted by Gasteiger charge is -2.20. The molecule has 0 spiro atoms. The summed E-state index contributed by atoms with van der Waals surface area (Å²) in [6.45, 7) is 0.819. The van der Waals surface area contributed by atoms with Gasteiger partial charge in [-0.2, -0.15) is 18.2 Å². The highest BCUT2D eigenvalue weighted by Crippen LogP contribution is 2.34. The summed E-state index contributed by atoms with van der Waals surface area (Å²) >= 11 is 0. The average molecular weight is 587 g/mol. The van der Waals surface area contributed by atoms with Gasteiger partial charge in [0.2, 0.25) is 0 Å². The van der Waals surface area contributed by atoms with Crippen LogP contribution in [0, 0.1) is 11.8 Å². The number of rotatable bonds is 9. The molecule has 2 amide bonds. The van der Waals surface area contributed by atoms with Gasteiger partial charge in [0.1, 0.15) is 17.8 Å². The average Bonchev–Trinajstić information content (AvgIpc) is 3.29. The van der Waals surface area contributed by atoms with Crippen molar-refractivity contribution in [1.82, 2.24) is 14.9 Å². The number of carbonyl (C=O) groups excluding carboxylic acids is 2. The van der Waals surface area contributed by atoms with Crippen LogP contribution >= 0.6 is 21.6 Å². The summed E-state index contributed by atoms with van der Waals surface area (Å²) in [7, 11) is 2.98. The van der Waals surface area contributed by atoms with E-state index in [-0.39, 0.29) is 35.4 Å². The number of carbonyl (C=O) groups is 2. The number of halogens is 3. The molecule has 1 aliphatic rings. The van der Waals surface area contributed by atoms with E-state index in [4.69, 9.17) is 9.47 Å². The highest BCUT2D eigenvalue weighted by molar-refractivity contribution is 8.76. The first kappa shape index (κ1) is 30.5. The molecule has 0 aliphatic carbocycles. The SMILES string of the molecule is CSS[C@@H](C)O[C@@H]1C[C@H](n2cc(C#CCNC(=O)C(F)(F)F)c(NC(=O)c3ccccc3)nc2=O)O[C@@H]1CO. The van der Waals surface area contributed by atoms with Crippen molar-refractivity contribution in [3.05, 3.63) is 58.1 Å². The van der Waals surface area contributed by atoms with Gasteiger partial charge in [-0.15, -0.1) is 0 Å². The number of anilines is 1. The van der Waals surface area contributed by atoms with E-state index in [2.05, 4.69) is 22.1 Å². The van der Waals surface area contributed by atoms with Crippen molar-refractivity contribution in [2.75, 3.05) is 24.7 Å². The van der Waals surface area contributed by atoms with Crippen molar-refractivity contribution in [1.29, 1.82) is 0 Å². The van der Waals surface area contributed by atoms with Gasteiger partial charge in [0, 0.05) is 18.2 Å². The molecule has 10 nitrogen and oxygen atoms in total. The van der Waals surface area contributed by atoms with Crippen LogP contribution in [-0.4, -0.2) is 69.7 Å². The molecule has 0 saturated carbocycles. The predicted molar refractivity (Wildman–Crippen MR) is 140 cm³/mol. The zero-order valence-electron chi connectivity index (χ0n) is 20.7. The first-order chi connectivity index (χ1) is 18.5. The molecule has 3 rings (SSSR count). The molecule has 1 saturated heterocycles. The van der Waals surface area contributed by atoms with Gasteiger partial charge >= 0.3 is 17.8 Å². The molecule has 1 aliphatic heterocycles. The van der Waals surface area contributed by atoms with Crippen LogP contribution in [0.25, 0.3) is 0 Å². The summed E-state index contributed by atoms with van der Waals surface area (Å²) < 4.78 is 50.2. The van der Waals surface area contributed by atoms with E-state index in [0.717, 1.165) is 4.57 Å². The van der Waals surface area contributed by atoms with Crippen LogP contribution in [0.2, 0.25) is 0 Å². The third kappa shape index (κ3) is 8.48. The number of hydrogen-bond donors (Lipinski definition) is 3. The summed E-state index contributed by atoms with van der Waals surface area (Å²) in [6.07, 6.45) is -3.90. The van der Waals surface area contributed by atoms with Gasteiger partial charge in [0.15, 0.2) is 5.82 Å². The van der Waals surface area contributed by atoms with Crippen molar-refractivity contribution < 1.29 is 37.3 Å². The van der Waals surface area contributed by atoms with E-state index in [9.17, 15) is 32.7 Å². The number of amides is 2. The fraction of sp³-hybridized carbons (Fsp3) is 0.417. The standard InChI is InChI=1S/C24H25F3N4O6S2/c1-14(39-38-2)36-17-11-19(37-18(17)13-32)31-12-16(9-6-10-28-22(34)24(25,26)27)20(30-23(31)35)29-21(33)15-7-4-3-5-8-15/h3-5,7-8,12,14,17-19,32H,10-11,13H2,1-2H3,(H,28,34)(H,29,30,33,35)/t14-,17+,18+,19+/m0/s1. The van der Waals surface area contributed by atoms with Crippen molar-refractivity contribution >= 4 is 39.2 Å². The Labute approximate surface area is 229 Å².